The second-order valence-corrected chi connectivity index (χ2v) is 8.90. The summed E-state index contributed by atoms with van der Waals surface area (Å²) in [5.74, 6) is -0.269. The molecule has 0 aliphatic carbocycles. The standard InChI is InChI=1S/C14H26N2O4S/c1-5-9-21(19,20)10-8-16-7-6-11(17)15-12(13(16)18)14(2,3)4/h12H,5-10H2,1-4H3,(H,15,17). The Balaban J connectivity index is 2.82. The predicted octanol–water partition coefficient (Wildman–Crippen LogP) is 0.574. The summed E-state index contributed by atoms with van der Waals surface area (Å²) >= 11 is 0. The summed E-state index contributed by atoms with van der Waals surface area (Å²) in [5.41, 5.74) is -0.405. The number of nitrogens with one attached hydrogen (secondary N) is 1. The number of hydrogen-bond donors (Lipinski definition) is 1. The Morgan fingerprint density at radius 2 is 1.86 bits per heavy atom. The first-order valence-corrected chi connectivity index (χ1v) is 9.17. The largest absolute Gasteiger partial charge is 0.344 e. The first kappa shape index (κ1) is 17.9. The fourth-order valence-electron chi connectivity index (χ4n) is 2.30. The smallest absolute Gasteiger partial charge is 0.245 e. The maximum absolute atomic E-state index is 12.5. The van der Waals surface area contributed by atoms with Crippen LogP contribution in [0, 0.1) is 5.41 Å². The van der Waals surface area contributed by atoms with Crippen molar-refractivity contribution in [2.24, 2.45) is 5.41 Å². The van der Waals surface area contributed by atoms with Gasteiger partial charge in [-0.25, -0.2) is 8.42 Å². The molecule has 2 amide bonds. The van der Waals surface area contributed by atoms with Crippen LogP contribution in [0.2, 0.25) is 0 Å². The van der Waals surface area contributed by atoms with Gasteiger partial charge in [0.1, 0.15) is 6.04 Å². The third-order valence-electron chi connectivity index (χ3n) is 3.53. The summed E-state index contributed by atoms with van der Waals surface area (Å²) < 4.78 is 23.6. The highest BCUT2D eigenvalue weighted by Gasteiger charge is 2.37. The number of hydrogen-bond acceptors (Lipinski definition) is 4. The van der Waals surface area contributed by atoms with Crippen molar-refractivity contribution in [1.82, 2.24) is 10.2 Å². The highest BCUT2D eigenvalue weighted by atomic mass is 32.2. The molecule has 1 fully saturated rings. The molecule has 1 heterocycles. The Labute approximate surface area is 127 Å². The van der Waals surface area contributed by atoms with E-state index in [-0.39, 0.29) is 42.8 Å². The van der Waals surface area contributed by atoms with Gasteiger partial charge in [-0.05, 0) is 11.8 Å². The predicted molar refractivity (Wildman–Crippen MR) is 81.5 cm³/mol. The van der Waals surface area contributed by atoms with Crippen molar-refractivity contribution < 1.29 is 18.0 Å². The second-order valence-electron chi connectivity index (χ2n) is 6.59. The highest BCUT2D eigenvalue weighted by Crippen LogP contribution is 2.23. The summed E-state index contributed by atoms with van der Waals surface area (Å²) in [6.45, 7) is 7.89. The van der Waals surface area contributed by atoms with Gasteiger partial charge < -0.3 is 10.2 Å². The lowest BCUT2D eigenvalue weighted by Crippen LogP contribution is -2.52. The van der Waals surface area contributed by atoms with Crippen LogP contribution in [0.3, 0.4) is 0 Å². The quantitative estimate of drug-likeness (QED) is 0.803. The van der Waals surface area contributed by atoms with E-state index in [9.17, 15) is 18.0 Å². The third-order valence-corrected chi connectivity index (χ3v) is 5.36. The molecule has 0 bridgehead atoms. The van der Waals surface area contributed by atoms with Gasteiger partial charge in [-0.15, -0.1) is 0 Å². The molecule has 1 aliphatic heterocycles. The van der Waals surface area contributed by atoms with Gasteiger partial charge in [-0.1, -0.05) is 27.7 Å². The normalized spacial score (nSPS) is 21.1. The van der Waals surface area contributed by atoms with E-state index in [1.165, 1.54) is 4.90 Å². The van der Waals surface area contributed by atoms with Crippen LogP contribution in [0.4, 0.5) is 0 Å². The zero-order valence-corrected chi connectivity index (χ0v) is 14.1. The summed E-state index contributed by atoms with van der Waals surface area (Å²) in [7, 11) is -3.13. The lowest BCUT2D eigenvalue weighted by molar-refractivity contribution is -0.136. The fourth-order valence-corrected chi connectivity index (χ4v) is 3.62. The molecule has 6 nitrogen and oxygen atoms in total. The van der Waals surface area contributed by atoms with Crippen LogP contribution in [0.5, 0.6) is 0 Å². The van der Waals surface area contributed by atoms with Gasteiger partial charge in [0.2, 0.25) is 11.8 Å². The van der Waals surface area contributed by atoms with E-state index < -0.39 is 21.3 Å². The number of nitrogens with zero attached hydrogens (tertiary/aromatic N) is 1. The zero-order valence-electron chi connectivity index (χ0n) is 13.3. The lowest BCUT2D eigenvalue weighted by Gasteiger charge is -2.32. The summed E-state index contributed by atoms with van der Waals surface area (Å²) in [4.78, 5) is 25.8. The van der Waals surface area contributed by atoms with E-state index in [1.54, 1.807) is 0 Å². The van der Waals surface area contributed by atoms with Gasteiger partial charge in [0.05, 0.1) is 5.75 Å². The maximum atomic E-state index is 12.5. The number of sulfone groups is 1. The second kappa shape index (κ2) is 6.77. The van der Waals surface area contributed by atoms with Gasteiger partial charge in [-0.2, -0.15) is 0 Å². The SMILES string of the molecule is CCCS(=O)(=O)CCN1CCC(=O)NC(C(C)(C)C)C1=O. The summed E-state index contributed by atoms with van der Waals surface area (Å²) in [6, 6.07) is -0.610. The van der Waals surface area contributed by atoms with Crippen molar-refractivity contribution in [1.29, 1.82) is 0 Å². The van der Waals surface area contributed by atoms with Crippen molar-refractivity contribution in [3.63, 3.8) is 0 Å². The van der Waals surface area contributed by atoms with Crippen LogP contribution in [0.1, 0.15) is 40.5 Å². The molecule has 0 aromatic heterocycles. The molecular formula is C14H26N2O4S. The zero-order chi connectivity index (χ0) is 16.3. The van der Waals surface area contributed by atoms with Gasteiger partial charge >= 0.3 is 0 Å². The molecule has 1 rings (SSSR count). The number of carbonyl (C=O) groups is 2. The van der Waals surface area contributed by atoms with Crippen molar-refractivity contribution in [3.8, 4) is 0 Å². The molecule has 1 unspecified atom stereocenters. The Bertz CT molecular complexity index is 494. The molecule has 21 heavy (non-hydrogen) atoms. The third kappa shape index (κ3) is 5.30. The molecule has 0 spiro atoms. The van der Waals surface area contributed by atoms with Crippen LogP contribution in [-0.4, -0.2) is 55.8 Å². The summed E-state index contributed by atoms with van der Waals surface area (Å²) in [5, 5.41) is 2.74. The maximum Gasteiger partial charge on any atom is 0.245 e. The molecule has 1 N–H and O–H groups in total. The van der Waals surface area contributed by atoms with E-state index >= 15 is 0 Å². The average molecular weight is 318 g/mol. The number of rotatable bonds is 5. The van der Waals surface area contributed by atoms with E-state index in [4.69, 9.17) is 0 Å². The average Bonchev–Trinajstić information content (AvgIpc) is 2.47. The van der Waals surface area contributed by atoms with Gasteiger partial charge in [0.15, 0.2) is 9.84 Å². The summed E-state index contributed by atoms with van der Waals surface area (Å²) in [6.07, 6.45) is 0.785. The molecule has 0 radical (unpaired) electrons. The van der Waals surface area contributed by atoms with Crippen LogP contribution in [0.15, 0.2) is 0 Å². The molecule has 122 valence electrons. The van der Waals surface area contributed by atoms with Gasteiger partial charge in [-0.3, -0.25) is 9.59 Å². The van der Waals surface area contributed by atoms with Crippen LogP contribution >= 0.6 is 0 Å². The molecule has 1 aliphatic rings. The first-order valence-electron chi connectivity index (χ1n) is 7.35. The van der Waals surface area contributed by atoms with Crippen LogP contribution in [0.25, 0.3) is 0 Å². The van der Waals surface area contributed by atoms with E-state index in [0.29, 0.717) is 6.42 Å². The topological polar surface area (TPSA) is 83.6 Å². The molecule has 1 atom stereocenters. The molecule has 7 heteroatoms. The molecule has 1 saturated heterocycles. The first-order chi connectivity index (χ1) is 9.57. The highest BCUT2D eigenvalue weighted by molar-refractivity contribution is 7.91. The monoisotopic (exact) mass is 318 g/mol. The number of carbonyl (C=O) groups excluding carboxylic acids is 2. The molecular weight excluding hydrogens is 292 g/mol. The molecule has 0 aromatic rings. The van der Waals surface area contributed by atoms with Crippen molar-refractivity contribution in [2.45, 2.75) is 46.6 Å². The molecule has 0 aromatic carbocycles. The minimum atomic E-state index is -3.13. The van der Waals surface area contributed by atoms with Crippen molar-refractivity contribution >= 4 is 21.7 Å². The lowest BCUT2D eigenvalue weighted by atomic mass is 9.86. The Kier molecular flexibility index (Phi) is 5.78. The van der Waals surface area contributed by atoms with Crippen LogP contribution in [-0.2, 0) is 19.4 Å². The van der Waals surface area contributed by atoms with Crippen molar-refractivity contribution in [2.75, 3.05) is 24.6 Å². The Hall–Kier alpha value is -1.11. The van der Waals surface area contributed by atoms with Gasteiger partial charge in [0, 0.05) is 25.3 Å². The van der Waals surface area contributed by atoms with Gasteiger partial charge in [0.25, 0.3) is 0 Å². The van der Waals surface area contributed by atoms with Crippen LogP contribution < -0.4 is 5.32 Å². The van der Waals surface area contributed by atoms with Crippen molar-refractivity contribution in [3.05, 3.63) is 0 Å². The van der Waals surface area contributed by atoms with E-state index in [2.05, 4.69) is 5.32 Å². The Morgan fingerprint density at radius 1 is 1.24 bits per heavy atom. The molecule has 0 saturated carbocycles. The minimum Gasteiger partial charge on any atom is -0.344 e. The number of amides is 2. The Morgan fingerprint density at radius 3 is 2.38 bits per heavy atom. The fraction of sp³-hybridized carbons (Fsp3) is 0.857. The minimum absolute atomic E-state index is 0.0440. The van der Waals surface area contributed by atoms with E-state index in [1.807, 2.05) is 27.7 Å². The van der Waals surface area contributed by atoms with E-state index in [0.717, 1.165) is 0 Å².